The number of rotatable bonds is 3. The van der Waals surface area contributed by atoms with Crippen molar-refractivity contribution in [3.63, 3.8) is 0 Å². The zero-order valence-corrected chi connectivity index (χ0v) is 5.08. The molecule has 11 heavy (non-hydrogen) atoms. The van der Waals surface area contributed by atoms with Crippen molar-refractivity contribution in [1.29, 1.82) is 0 Å². The minimum atomic E-state index is -3.86. The van der Waals surface area contributed by atoms with Crippen LogP contribution in [0.5, 0.6) is 0 Å². The second kappa shape index (κ2) is 2.94. The van der Waals surface area contributed by atoms with Crippen LogP contribution < -0.4 is 5.48 Å². The third kappa shape index (κ3) is 1.81. The van der Waals surface area contributed by atoms with E-state index in [9.17, 15) is 0 Å². The van der Waals surface area contributed by atoms with Crippen LogP contribution in [-0.2, 0) is 0 Å². The monoisotopic (exact) mass is 172 g/mol. The van der Waals surface area contributed by atoms with Gasteiger partial charge < -0.3 is 25.6 Å². The first-order valence-corrected chi connectivity index (χ1v) is 2.24. The van der Waals surface area contributed by atoms with Crippen molar-refractivity contribution in [1.82, 2.24) is 10.7 Å². The van der Waals surface area contributed by atoms with Crippen molar-refractivity contribution in [2.24, 2.45) is 0 Å². The van der Waals surface area contributed by atoms with E-state index in [1.165, 1.54) is 0 Å². The normalized spacial score (nSPS) is 14.2. The number of hydroxylamine groups is 3. The SMILES string of the molecule is ONC(O)(O)C(O)(O)N(O)O. The van der Waals surface area contributed by atoms with Crippen LogP contribution in [0.25, 0.3) is 0 Å². The van der Waals surface area contributed by atoms with Crippen LogP contribution in [0.15, 0.2) is 0 Å². The van der Waals surface area contributed by atoms with Gasteiger partial charge in [-0.15, -0.1) is 5.48 Å². The van der Waals surface area contributed by atoms with Crippen molar-refractivity contribution in [3.05, 3.63) is 0 Å². The maximum Gasteiger partial charge on any atom is 0.345 e. The van der Waals surface area contributed by atoms with E-state index in [-0.39, 0.29) is 0 Å². The van der Waals surface area contributed by atoms with Crippen LogP contribution >= 0.6 is 0 Å². The molecular weight excluding hydrogens is 164 g/mol. The lowest BCUT2D eigenvalue weighted by Crippen LogP contribution is -2.68. The number of hydrogen-bond acceptors (Lipinski definition) is 9. The smallest absolute Gasteiger partial charge is 0.345 e. The highest BCUT2D eigenvalue weighted by Gasteiger charge is 2.53. The van der Waals surface area contributed by atoms with E-state index in [1.54, 1.807) is 0 Å². The van der Waals surface area contributed by atoms with E-state index in [1.807, 2.05) is 0 Å². The fourth-order valence-electron chi connectivity index (χ4n) is 0.214. The average Bonchev–Trinajstić information content (AvgIpc) is 1.87. The predicted molar refractivity (Wildman–Crippen MR) is 24.7 cm³/mol. The first kappa shape index (κ1) is 10.6. The molecule has 9 nitrogen and oxygen atoms in total. The van der Waals surface area contributed by atoms with Crippen LogP contribution in [0.1, 0.15) is 0 Å². The number of nitrogens with one attached hydrogen (secondary N) is 1. The molecule has 0 aliphatic carbocycles. The molecule has 0 bridgehead atoms. The summed E-state index contributed by atoms with van der Waals surface area (Å²) in [7, 11) is 0. The third-order valence-electron chi connectivity index (χ3n) is 0.902. The lowest BCUT2D eigenvalue weighted by Gasteiger charge is -2.33. The molecule has 0 aromatic carbocycles. The van der Waals surface area contributed by atoms with Gasteiger partial charge in [-0.3, -0.25) is 10.4 Å². The minimum absolute atomic E-state index is 0.612. The van der Waals surface area contributed by atoms with Crippen molar-refractivity contribution >= 4 is 0 Å². The molecule has 0 fully saturated rings. The molecule has 0 spiro atoms. The third-order valence-corrected chi connectivity index (χ3v) is 0.902. The molecule has 0 aliphatic heterocycles. The zero-order chi connectivity index (χ0) is 9.28. The second-order valence-corrected chi connectivity index (χ2v) is 1.71. The van der Waals surface area contributed by atoms with E-state index in [0.29, 0.717) is 5.48 Å². The summed E-state index contributed by atoms with van der Waals surface area (Å²) in [6.07, 6.45) is 0. The van der Waals surface area contributed by atoms with Crippen LogP contribution in [0.2, 0.25) is 0 Å². The molecule has 0 radical (unpaired) electrons. The van der Waals surface area contributed by atoms with Crippen LogP contribution in [0.3, 0.4) is 0 Å². The molecule has 0 aromatic rings. The summed E-state index contributed by atoms with van der Waals surface area (Å²) in [6, 6.07) is 0. The van der Waals surface area contributed by atoms with E-state index < -0.39 is 17.0 Å². The highest BCUT2D eigenvalue weighted by Crippen LogP contribution is 2.14. The maximum atomic E-state index is 8.38. The van der Waals surface area contributed by atoms with Crippen LogP contribution in [-0.4, -0.2) is 53.1 Å². The molecule has 0 aromatic heterocycles. The largest absolute Gasteiger partial charge is 0.346 e. The Balaban J connectivity index is 4.53. The van der Waals surface area contributed by atoms with E-state index in [0.717, 1.165) is 0 Å². The van der Waals surface area contributed by atoms with Crippen molar-refractivity contribution < 1.29 is 36.0 Å². The van der Waals surface area contributed by atoms with Gasteiger partial charge in [-0.2, -0.15) is 0 Å². The Kier molecular flexibility index (Phi) is 2.85. The fourth-order valence-corrected chi connectivity index (χ4v) is 0.214. The molecule has 0 heterocycles. The van der Waals surface area contributed by atoms with E-state index in [4.69, 9.17) is 36.0 Å². The lowest BCUT2D eigenvalue weighted by atomic mass is 10.4. The first-order valence-electron chi connectivity index (χ1n) is 2.24. The van der Waals surface area contributed by atoms with Gasteiger partial charge in [0.2, 0.25) is 0 Å². The van der Waals surface area contributed by atoms with Gasteiger partial charge in [0.15, 0.2) is 0 Å². The molecule has 0 saturated carbocycles. The Hall–Kier alpha value is -0.360. The Labute approximate surface area is 59.8 Å². The zero-order valence-electron chi connectivity index (χ0n) is 5.08. The highest BCUT2D eigenvalue weighted by molar-refractivity contribution is 4.69. The molecule has 9 heteroatoms. The predicted octanol–water partition coefficient (Wildman–Crippen LogP) is -3.68. The first-order chi connectivity index (χ1) is 4.75. The molecule has 0 unspecified atom stereocenters. The second-order valence-electron chi connectivity index (χ2n) is 1.71. The number of nitrogens with zero attached hydrogens (tertiary/aromatic N) is 1. The van der Waals surface area contributed by atoms with Gasteiger partial charge in [-0.05, 0) is 5.23 Å². The van der Waals surface area contributed by atoms with E-state index >= 15 is 0 Å². The van der Waals surface area contributed by atoms with Gasteiger partial charge in [0.25, 0.3) is 0 Å². The molecule has 0 aliphatic rings. The number of aliphatic hydroxyl groups is 4. The Morgan fingerprint density at radius 3 is 1.45 bits per heavy atom. The van der Waals surface area contributed by atoms with Crippen LogP contribution in [0, 0.1) is 0 Å². The van der Waals surface area contributed by atoms with Gasteiger partial charge in [-0.25, -0.2) is 0 Å². The van der Waals surface area contributed by atoms with Gasteiger partial charge in [0.05, 0.1) is 0 Å². The van der Waals surface area contributed by atoms with Crippen LogP contribution in [0.4, 0.5) is 0 Å². The summed E-state index contributed by atoms with van der Waals surface area (Å²) in [6.45, 7) is 0. The molecular formula is C2H8N2O7. The quantitative estimate of drug-likeness (QED) is 0.158. The van der Waals surface area contributed by atoms with Crippen molar-refractivity contribution in [3.8, 4) is 0 Å². The Morgan fingerprint density at radius 2 is 1.36 bits per heavy atom. The van der Waals surface area contributed by atoms with Crippen molar-refractivity contribution in [2.45, 2.75) is 11.8 Å². The molecule has 0 rings (SSSR count). The molecule has 0 amide bonds. The fraction of sp³-hybridized carbons (Fsp3) is 1.00. The van der Waals surface area contributed by atoms with Gasteiger partial charge in [0.1, 0.15) is 0 Å². The highest BCUT2D eigenvalue weighted by atomic mass is 16.9. The summed E-state index contributed by atoms with van der Waals surface area (Å²) in [5, 5.41) is 55.9. The van der Waals surface area contributed by atoms with Gasteiger partial charge >= 0.3 is 11.8 Å². The van der Waals surface area contributed by atoms with Gasteiger partial charge in [0, 0.05) is 0 Å². The average molecular weight is 172 g/mol. The summed E-state index contributed by atoms with van der Waals surface area (Å²) in [5.74, 6) is -7.56. The number of hydrogen-bond donors (Lipinski definition) is 8. The topological polar surface area (TPSA) is 157 Å². The molecule has 68 valence electrons. The van der Waals surface area contributed by atoms with Gasteiger partial charge in [-0.1, -0.05) is 0 Å². The lowest BCUT2D eigenvalue weighted by molar-refractivity contribution is -0.549. The Morgan fingerprint density at radius 1 is 1.00 bits per heavy atom. The Bertz CT molecular complexity index is 132. The summed E-state index contributed by atoms with van der Waals surface area (Å²) < 4.78 is 0. The maximum absolute atomic E-state index is 8.38. The summed E-state index contributed by atoms with van der Waals surface area (Å²) in [5.41, 5.74) is 0.612. The molecule has 0 atom stereocenters. The summed E-state index contributed by atoms with van der Waals surface area (Å²) in [4.78, 5) is 0. The standard InChI is InChI=1S/C2H8N2O7/c5-1(6,3-9)2(7,8)4(10)11/h3,5-11H. The van der Waals surface area contributed by atoms with E-state index in [2.05, 4.69) is 0 Å². The molecule has 0 saturated heterocycles. The molecule has 8 N–H and O–H groups in total. The van der Waals surface area contributed by atoms with Crippen molar-refractivity contribution in [2.75, 3.05) is 0 Å². The summed E-state index contributed by atoms with van der Waals surface area (Å²) >= 11 is 0. The minimum Gasteiger partial charge on any atom is -0.346 e.